The van der Waals surface area contributed by atoms with Gasteiger partial charge in [-0.1, -0.05) is 11.6 Å². The number of hydrogen-bond donors (Lipinski definition) is 0. The molecular formula is C17H15ClF2N4O2. The number of anilines is 1. The van der Waals surface area contributed by atoms with Gasteiger partial charge >= 0.3 is 0 Å². The molecule has 3 rings (SSSR count). The van der Waals surface area contributed by atoms with Crippen LogP contribution in [0.5, 0.6) is 0 Å². The van der Waals surface area contributed by atoms with Crippen molar-refractivity contribution in [2.75, 3.05) is 4.90 Å². The standard InChI is InChI=1S/C17H15ClF2N4O2/c1-10-22-17(26-9-12-3-4-13(19)5-16(12)20)15(18)8-23(10)14-6-21-24(7-14)11(2)25/h3-8,10H,9H2,1-2H3. The summed E-state index contributed by atoms with van der Waals surface area (Å²) in [5.41, 5.74) is 0.828. The first kappa shape index (κ1) is 18.1. The van der Waals surface area contributed by atoms with Gasteiger partial charge < -0.3 is 9.64 Å². The molecule has 1 aliphatic heterocycles. The Labute approximate surface area is 153 Å². The number of aromatic nitrogens is 2. The summed E-state index contributed by atoms with van der Waals surface area (Å²) in [7, 11) is 0. The molecule has 0 aliphatic carbocycles. The van der Waals surface area contributed by atoms with Crippen LogP contribution >= 0.6 is 11.6 Å². The number of ether oxygens (including phenoxy) is 1. The fraction of sp³-hybridized carbons (Fsp3) is 0.235. The molecule has 6 nitrogen and oxygen atoms in total. The van der Waals surface area contributed by atoms with Gasteiger partial charge in [-0.3, -0.25) is 4.79 Å². The van der Waals surface area contributed by atoms with Gasteiger partial charge in [0.25, 0.3) is 0 Å². The van der Waals surface area contributed by atoms with E-state index in [0.717, 1.165) is 12.1 Å². The molecule has 1 aliphatic rings. The first-order valence-corrected chi connectivity index (χ1v) is 8.09. The molecule has 26 heavy (non-hydrogen) atoms. The minimum atomic E-state index is -0.701. The molecule has 0 amide bonds. The van der Waals surface area contributed by atoms with E-state index in [-0.39, 0.29) is 35.2 Å². The molecule has 0 saturated heterocycles. The Morgan fingerprint density at radius 1 is 1.38 bits per heavy atom. The van der Waals surface area contributed by atoms with Crippen molar-refractivity contribution >= 4 is 29.1 Å². The molecule has 136 valence electrons. The largest absolute Gasteiger partial charge is 0.472 e. The molecule has 1 unspecified atom stereocenters. The highest BCUT2D eigenvalue weighted by molar-refractivity contribution is 6.42. The van der Waals surface area contributed by atoms with E-state index in [0.29, 0.717) is 5.69 Å². The van der Waals surface area contributed by atoms with Crippen LogP contribution in [0.15, 0.2) is 46.8 Å². The Kier molecular flexibility index (Phi) is 5.03. The summed E-state index contributed by atoms with van der Waals surface area (Å²) in [5, 5.41) is 4.17. The van der Waals surface area contributed by atoms with Crippen LogP contribution in [0, 0.1) is 11.6 Å². The number of rotatable bonds is 3. The normalized spacial score (nSPS) is 17.0. The van der Waals surface area contributed by atoms with Gasteiger partial charge in [0.05, 0.1) is 18.1 Å². The van der Waals surface area contributed by atoms with Crippen molar-refractivity contribution in [1.29, 1.82) is 0 Å². The number of carbonyl (C=O) groups excluding carboxylic acids is 1. The average molecular weight is 381 g/mol. The van der Waals surface area contributed by atoms with E-state index in [1.165, 1.54) is 23.9 Å². The van der Waals surface area contributed by atoms with Crippen LogP contribution in [0.2, 0.25) is 0 Å². The molecule has 2 heterocycles. The van der Waals surface area contributed by atoms with E-state index >= 15 is 0 Å². The zero-order chi connectivity index (χ0) is 18.8. The summed E-state index contributed by atoms with van der Waals surface area (Å²) in [4.78, 5) is 17.4. The zero-order valence-corrected chi connectivity index (χ0v) is 14.7. The van der Waals surface area contributed by atoms with Crippen LogP contribution in [0.3, 0.4) is 0 Å². The maximum Gasteiger partial charge on any atom is 0.243 e. The fourth-order valence-electron chi connectivity index (χ4n) is 2.38. The molecule has 1 atom stereocenters. The lowest BCUT2D eigenvalue weighted by atomic mass is 10.2. The molecule has 9 heteroatoms. The van der Waals surface area contributed by atoms with Crippen molar-refractivity contribution in [2.24, 2.45) is 4.99 Å². The van der Waals surface area contributed by atoms with Gasteiger partial charge in [0, 0.05) is 24.8 Å². The minimum absolute atomic E-state index is 0.135. The Balaban J connectivity index is 1.73. The maximum atomic E-state index is 13.7. The van der Waals surface area contributed by atoms with Gasteiger partial charge in [0.1, 0.15) is 29.4 Å². The van der Waals surface area contributed by atoms with E-state index in [9.17, 15) is 13.6 Å². The second-order valence-electron chi connectivity index (χ2n) is 5.64. The van der Waals surface area contributed by atoms with Crippen molar-refractivity contribution in [3.63, 3.8) is 0 Å². The molecule has 2 aromatic rings. The first-order chi connectivity index (χ1) is 12.3. The summed E-state index contributed by atoms with van der Waals surface area (Å²) in [6.45, 7) is 3.06. The monoisotopic (exact) mass is 380 g/mol. The minimum Gasteiger partial charge on any atom is -0.472 e. The van der Waals surface area contributed by atoms with Crippen LogP contribution in [-0.4, -0.2) is 27.8 Å². The fourth-order valence-corrected chi connectivity index (χ4v) is 2.59. The lowest BCUT2D eigenvalue weighted by molar-refractivity contribution is 0.0921. The summed E-state index contributed by atoms with van der Waals surface area (Å²) in [5.74, 6) is -1.43. The lowest BCUT2D eigenvalue weighted by Crippen LogP contribution is -2.32. The maximum absolute atomic E-state index is 13.7. The van der Waals surface area contributed by atoms with Gasteiger partial charge in [-0.05, 0) is 19.1 Å². The highest BCUT2D eigenvalue weighted by Crippen LogP contribution is 2.25. The zero-order valence-electron chi connectivity index (χ0n) is 14.0. The number of nitrogens with zero attached hydrogens (tertiary/aromatic N) is 4. The lowest BCUT2D eigenvalue weighted by Gasteiger charge is -2.28. The number of benzene rings is 1. The van der Waals surface area contributed by atoms with Crippen molar-refractivity contribution in [2.45, 2.75) is 26.6 Å². The predicted molar refractivity (Wildman–Crippen MR) is 93.0 cm³/mol. The smallest absolute Gasteiger partial charge is 0.243 e. The van der Waals surface area contributed by atoms with Gasteiger partial charge in [0.2, 0.25) is 11.8 Å². The highest BCUT2D eigenvalue weighted by Gasteiger charge is 2.23. The van der Waals surface area contributed by atoms with Crippen LogP contribution in [0.25, 0.3) is 0 Å². The Morgan fingerprint density at radius 3 is 2.81 bits per heavy atom. The molecule has 0 fully saturated rings. The number of aliphatic imine (C=N–C) groups is 1. The summed E-state index contributed by atoms with van der Waals surface area (Å²) < 4.78 is 33.3. The molecule has 0 spiro atoms. The first-order valence-electron chi connectivity index (χ1n) is 7.71. The number of halogens is 3. The number of hydrogen-bond acceptors (Lipinski definition) is 5. The molecular weight excluding hydrogens is 366 g/mol. The molecule has 0 bridgehead atoms. The van der Waals surface area contributed by atoms with Crippen molar-refractivity contribution in [3.05, 3.63) is 59.0 Å². The second-order valence-corrected chi connectivity index (χ2v) is 6.04. The van der Waals surface area contributed by atoms with E-state index in [4.69, 9.17) is 16.3 Å². The quantitative estimate of drug-likeness (QED) is 0.815. The van der Waals surface area contributed by atoms with Gasteiger partial charge in [-0.2, -0.15) is 5.10 Å². The predicted octanol–water partition coefficient (Wildman–Crippen LogP) is 3.68. The number of carbonyl (C=O) groups is 1. The van der Waals surface area contributed by atoms with Crippen LogP contribution in [-0.2, 0) is 11.3 Å². The molecule has 0 saturated carbocycles. The van der Waals surface area contributed by atoms with E-state index in [1.807, 2.05) is 0 Å². The Morgan fingerprint density at radius 2 is 2.15 bits per heavy atom. The summed E-state index contributed by atoms with van der Waals surface area (Å²) in [6, 6.07) is 3.24. The Bertz CT molecular complexity index is 910. The van der Waals surface area contributed by atoms with E-state index in [2.05, 4.69) is 10.1 Å². The van der Waals surface area contributed by atoms with Gasteiger partial charge in [-0.25, -0.2) is 18.5 Å². The Hall–Kier alpha value is -2.74. The van der Waals surface area contributed by atoms with Gasteiger partial charge in [-0.15, -0.1) is 0 Å². The van der Waals surface area contributed by atoms with Gasteiger partial charge in [0.15, 0.2) is 0 Å². The summed E-state index contributed by atoms with van der Waals surface area (Å²) in [6.07, 6.45) is 4.30. The van der Waals surface area contributed by atoms with Crippen molar-refractivity contribution in [1.82, 2.24) is 9.78 Å². The SMILES string of the molecule is CC(=O)n1cc(N2C=C(Cl)C(OCc3ccc(F)cc3F)=NC2C)cn1. The van der Waals surface area contributed by atoms with Crippen LogP contribution in [0.1, 0.15) is 24.2 Å². The third-order valence-corrected chi connectivity index (χ3v) is 3.99. The topological polar surface area (TPSA) is 59.7 Å². The highest BCUT2D eigenvalue weighted by atomic mass is 35.5. The average Bonchev–Trinajstić information content (AvgIpc) is 3.06. The second kappa shape index (κ2) is 7.25. The van der Waals surface area contributed by atoms with Crippen LogP contribution < -0.4 is 4.90 Å². The summed E-state index contributed by atoms with van der Waals surface area (Å²) >= 11 is 6.21. The van der Waals surface area contributed by atoms with Crippen LogP contribution in [0.4, 0.5) is 14.5 Å². The van der Waals surface area contributed by atoms with E-state index < -0.39 is 11.6 Å². The molecule has 1 aromatic carbocycles. The molecule has 1 aromatic heterocycles. The molecule has 0 N–H and O–H groups in total. The molecule has 0 radical (unpaired) electrons. The van der Waals surface area contributed by atoms with E-state index in [1.54, 1.807) is 24.2 Å². The van der Waals surface area contributed by atoms with Crippen molar-refractivity contribution < 1.29 is 18.3 Å². The third kappa shape index (κ3) is 3.75. The van der Waals surface area contributed by atoms with Crippen molar-refractivity contribution in [3.8, 4) is 0 Å². The third-order valence-electron chi connectivity index (χ3n) is 3.73.